The molecule has 0 atom stereocenters. The van der Waals surface area contributed by atoms with E-state index in [2.05, 4.69) is 45.8 Å². The number of aryl methyl sites for hydroxylation is 1. The summed E-state index contributed by atoms with van der Waals surface area (Å²) in [7, 11) is 1.85. The van der Waals surface area contributed by atoms with E-state index in [-0.39, 0.29) is 5.91 Å². The van der Waals surface area contributed by atoms with Gasteiger partial charge in [0.2, 0.25) is 0 Å². The zero-order valence-corrected chi connectivity index (χ0v) is 19.1. The van der Waals surface area contributed by atoms with Gasteiger partial charge in [0, 0.05) is 36.5 Å². The highest BCUT2D eigenvalue weighted by atomic mass is 16.1. The molecule has 0 spiro atoms. The van der Waals surface area contributed by atoms with Crippen molar-refractivity contribution in [3.05, 3.63) is 109 Å². The molecule has 7 heteroatoms. The Bertz CT molecular complexity index is 1690. The quantitative estimate of drug-likeness (QED) is 0.381. The second-order valence-corrected chi connectivity index (χ2v) is 8.47. The van der Waals surface area contributed by atoms with Crippen molar-refractivity contribution in [1.82, 2.24) is 24.5 Å². The van der Waals surface area contributed by atoms with Crippen LogP contribution in [0.4, 0.5) is 5.82 Å². The van der Waals surface area contributed by atoms with Crippen molar-refractivity contribution in [2.24, 2.45) is 7.05 Å². The average Bonchev–Trinajstić information content (AvgIpc) is 3.52. The van der Waals surface area contributed by atoms with E-state index in [0.29, 0.717) is 23.6 Å². The molecule has 0 fully saturated rings. The number of para-hydroxylation sites is 1. The average molecular weight is 459 g/mol. The number of anilines is 1. The minimum Gasteiger partial charge on any atom is -0.305 e. The molecular weight excluding hydrogens is 436 g/mol. The van der Waals surface area contributed by atoms with Crippen LogP contribution in [-0.2, 0) is 13.6 Å². The maximum atomic E-state index is 13.4. The lowest BCUT2D eigenvalue weighted by Gasteiger charge is -2.09. The van der Waals surface area contributed by atoms with Gasteiger partial charge in [-0.25, -0.2) is 4.98 Å². The predicted molar refractivity (Wildman–Crippen MR) is 137 cm³/mol. The number of aromatic nitrogens is 5. The van der Waals surface area contributed by atoms with Gasteiger partial charge in [-0.05, 0) is 28.5 Å². The molecule has 35 heavy (non-hydrogen) atoms. The van der Waals surface area contributed by atoms with Gasteiger partial charge in [0.05, 0.1) is 29.5 Å². The van der Waals surface area contributed by atoms with Gasteiger partial charge in [-0.15, -0.1) is 0 Å². The number of pyridine rings is 1. The molecule has 0 aliphatic carbocycles. The first-order valence-corrected chi connectivity index (χ1v) is 11.3. The van der Waals surface area contributed by atoms with Crippen LogP contribution in [0.2, 0.25) is 0 Å². The van der Waals surface area contributed by atoms with Crippen LogP contribution in [-0.4, -0.2) is 30.5 Å². The van der Waals surface area contributed by atoms with Crippen molar-refractivity contribution >= 4 is 33.4 Å². The predicted octanol–water partition coefficient (Wildman–Crippen LogP) is 5.29. The first-order valence-electron chi connectivity index (χ1n) is 11.3. The topological polar surface area (TPSA) is 77.6 Å². The van der Waals surface area contributed by atoms with Crippen LogP contribution in [0.15, 0.2) is 97.5 Å². The Balaban J connectivity index is 1.29. The highest BCUT2D eigenvalue weighted by Crippen LogP contribution is 2.25. The number of hydrogen-bond acceptors (Lipinski definition) is 4. The molecule has 1 amide bonds. The number of amides is 1. The van der Waals surface area contributed by atoms with E-state index in [9.17, 15) is 4.79 Å². The second-order valence-electron chi connectivity index (χ2n) is 8.47. The van der Waals surface area contributed by atoms with Crippen molar-refractivity contribution in [3.63, 3.8) is 0 Å². The molecule has 0 radical (unpaired) electrons. The number of nitrogens with one attached hydrogen (secondary N) is 1. The Kier molecular flexibility index (Phi) is 5.07. The van der Waals surface area contributed by atoms with Crippen LogP contribution >= 0.6 is 0 Å². The molecule has 0 unspecified atom stereocenters. The molecular formula is C28H22N6O. The summed E-state index contributed by atoms with van der Waals surface area (Å²) >= 11 is 0. The fourth-order valence-corrected chi connectivity index (χ4v) is 4.37. The third-order valence-electron chi connectivity index (χ3n) is 6.06. The number of carbonyl (C=O) groups is 1. The monoisotopic (exact) mass is 458 g/mol. The first-order chi connectivity index (χ1) is 17.1. The van der Waals surface area contributed by atoms with Gasteiger partial charge in [-0.2, -0.15) is 10.2 Å². The summed E-state index contributed by atoms with van der Waals surface area (Å²) in [6.07, 6.45) is 5.50. The molecule has 6 aromatic rings. The van der Waals surface area contributed by atoms with E-state index in [1.54, 1.807) is 10.9 Å². The van der Waals surface area contributed by atoms with Crippen LogP contribution in [0.1, 0.15) is 15.9 Å². The minimum atomic E-state index is -0.232. The summed E-state index contributed by atoms with van der Waals surface area (Å²) in [4.78, 5) is 18.1. The van der Waals surface area contributed by atoms with Crippen LogP contribution in [0, 0.1) is 0 Å². The molecule has 0 saturated heterocycles. The summed E-state index contributed by atoms with van der Waals surface area (Å²) in [5.41, 5.74) is 4.01. The van der Waals surface area contributed by atoms with Crippen molar-refractivity contribution < 1.29 is 4.79 Å². The van der Waals surface area contributed by atoms with Crippen LogP contribution < -0.4 is 5.32 Å². The summed E-state index contributed by atoms with van der Waals surface area (Å²) in [5, 5.41) is 15.0. The number of nitrogens with zero attached hydrogens (tertiary/aromatic N) is 5. The van der Waals surface area contributed by atoms with Crippen molar-refractivity contribution in [3.8, 4) is 11.3 Å². The Morgan fingerprint density at radius 3 is 2.60 bits per heavy atom. The maximum Gasteiger partial charge on any atom is 0.257 e. The molecule has 6 rings (SSSR count). The van der Waals surface area contributed by atoms with Gasteiger partial charge in [0.15, 0.2) is 5.82 Å². The molecule has 3 aromatic carbocycles. The van der Waals surface area contributed by atoms with E-state index in [1.807, 2.05) is 72.7 Å². The lowest BCUT2D eigenvalue weighted by atomic mass is 10.0. The fourth-order valence-electron chi connectivity index (χ4n) is 4.37. The van der Waals surface area contributed by atoms with Crippen molar-refractivity contribution in [2.75, 3.05) is 5.32 Å². The van der Waals surface area contributed by atoms with Crippen LogP contribution in [0.25, 0.3) is 32.9 Å². The van der Waals surface area contributed by atoms with E-state index < -0.39 is 0 Å². The molecule has 7 nitrogen and oxygen atoms in total. The summed E-state index contributed by atoms with van der Waals surface area (Å²) in [6.45, 7) is 0.612. The van der Waals surface area contributed by atoms with E-state index in [4.69, 9.17) is 4.98 Å². The molecule has 0 bridgehead atoms. The van der Waals surface area contributed by atoms with Gasteiger partial charge >= 0.3 is 0 Å². The van der Waals surface area contributed by atoms with Gasteiger partial charge in [0.25, 0.3) is 5.91 Å². The molecule has 3 heterocycles. The largest absolute Gasteiger partial charge is 0.305 e. The number of fused-ring (bicyclic) bond motifs is 2. The Hall–Kier alpha value is -4.78. The van der Waals surface area contributed by atoms with Crippen molar-refractivity contribution in [2.45, 2.75) is 6.54 Å². The zero-order chi connectivity index (χ0) is 23.8. The standard InChI is InChI=1S/C28H22N6O/c1-33-17-21(16-29-33)26-15-24(23-11-4-5-12-25(23)30-26)28(35)31-27-13-14-34(32-27)18-20-9-6-8-19-7-2-3-10-22(19)20/h2-17H,18H2,1H3,(H,31,32,35). The third kappa shape index (κ3) is 4.04. The lowest BCUT2D eigenvalue weighted by molar-refractivity contribution is 0.102. The van der Waals surface area contributed by atoms with E-state index in [1.165, 1.54) is 16.3 Å². The number of carbonyl (C=O) groups excluding carboxylic acids is 1. The van der Waals surface area contributed by atoms with Gasteiger partial charge < -0.3 is 5.32 Å². The summed E-state index contributed by atoms with van der Waals surface area (Å²) in [5.74, 6) is 0.267. The van der Waals surface area contributed by atoms with Gasteiger partial charge in [-0.3, -0.25) is 14.2 Å². The van der Waals surface area contributed by atoms with Gasteiger partial charge in [0.1, 0.15) is 0 Å². The van der Waals surface area contributed by atoms with Crippen molar-refractivity contribution in [1.29, 1.82) is 0 Å². The molecule has 3 aromatic heterocycles. The Labute approximate surface area is 201 Å². The fraction of sp³-hybridized carbons (Fsp3) is 0.0714. The zero-order valence-electron chi connectivity index (χ0n) is 19.1. The number of benzene rings is 3. The highest BCUT2D eigenvalue weighted by Gasteiger charge is 2.16. The van der Waals surface area contributed by atoms with E-state index in [0.717, 1.165) is 16.5 Å². The molecule has 0 saturated carbocycles. The van der Waals surface area contributed by atoms with Crippen LogP contribution in [0.5, 0.6) is 0 Å². The number of rotatable bonds is 5. The Morgan fingerprint density at radius 1 is 0.943 bits per heavy atom. The SMILES string of the molecule is Cn1cc(-c2cc(C(=O)Nc3ccn(Cc4cccc5ccccc45)n3)c3ccccc3n2)cn1. The smallest absolute Gasteiger partial charge is 0.257 e. The Morgan fingerprint density at radius 2 is 1.74 bits per heavy atom. The molecule has 170 valence electrons. The normalized spacial score (nSPS) is 11.2. The molecule has 1 N–H and O–H groups in total. The summed E-state index contributed by atoms with van der Waals surface area (Å²) in [6, 6.07) is 25.8. The maximum absolute atomic E-state index is 13.4. The van der Waals surface area contributed by atoms with Gasteiger partial charge in [-0.1, -0.05) is 60.7 Å². The molecule has 0 aliphatic heterocycles. The second kappa shape index (κ2) is 8.53. The first kappa shape index (κ1) is 20.8. The molecule has 0 aliphatic rings. The summed E-state index contributed by atoms with van der Waals surface area (Å²) < 4.78 is 3.55. The number of hydrogen-bond donors (Lipinski definition) is 1. The third-order valence-corrected chi connectivity index (χ3v) is 6.06. The van der Waals surface area contributed by atoms with Crippen LogP contribution in [0.3, 0.4) is 0 Å². The van der Waals surface area contributed by atoms with E-state index >= 15 is 0 Å². The minimum absolute atomic E-state index is 0.232. The lowest BCUT2D eigenvalue weighted by Crippen LogP contribution is -2.14. The highest BCUT2D eigenvalue weighted by molar-refractivity contribution is 6.12.